The molecule has 0 saturated carbocycles. The maximum atomic E-state index is 12.0. The first-order valence-electron chi connectivity index (χ1n) is 11.1. The van der Waals surface area contributed by atoms with Gasteiger partial charge in [-0.25, -0.2) is 0 Å². The summed E-state index contributed by atoms with van der Waals surface area (Å²) in [5, 5.41) is 3.56. The number of nitrogens with zero attached hydrogens (tertiary/aromatic N) is 3. The highest BCUT2D eigenvalue weighted by Gasteiger charge is 2.25. The van der Waals surface area contributed by atoms with Crippen molar-refractivity contribution < 1.29 is 4.79 Å². The summed E-state index contributed by atoms with van der Waals surface area (Å²) < 4.78 is 0. The Bertz CT molecular complexity index is 886. The summed E-state index contributed by atoms with van der Waals surface area (Å²) in [4.78, 5) is 20.9. The third-order valence-corrected chi connectivity index (χ3v) is 6.25. The van der Waals surface area contributed by atoms with Crippen molar-refractivity contribution in [2.45, 2.75) is 38.8 Å². The molecule has 2 aliphatic rings. The Morgan fingerprint density at radius 1 is 1.06 bits per heavy atom. The van der Waals surface area contributed by atoms with Crippen molar-refractivity contribution in [3.8, 4) is 0 Å². The number of rotatable bonds is 6. The first kappa shape index (κ1) is 23.6. The van der Waals surface area contributed by atoms with E-state index in [0.29, 0.717) is 18.9 Å². The highest BCUT2D eigenvalue weighted by Crippen LogP contribution is 2.21. The molecule has 0 aromatic heterocycles. The molecule has 1 unspecified atom stereocenters. The van der Waals surface area contributed by atoms with Crippen molar-refractivity contribution in [1.82, 2.24) is 15.1 Å². The van der Waals surface area contributed by atoms with Gasteiger partial charge >= 0.3 is 0 Å². The van der Waals surface area contributed by atoms with Gasteiger partial charge in [0.25, 0.3) is 0 Å². The molecule has 1 N–H and O–H groups in total. The van der Waals surface area contributed by atoms with Crippen LogP contribution in [0.1, 0.15) is 36.0 Å². The molecule has 2 saturated heterocycles. The van der Waals surface area contributed by atoms with E-state index in [4.69, 9.17) is 0 Å². The van der Waals surface area contributed by atoms with E-state index >= 15 is 0 Å². The molecule has 1 amide bonds. The van der Waals surface area contributed by atoms with Crippen LogP contribution in [0.15, 0.2) is 59.6 Å². The van der Waals surface area contributed by atoms with Crippen molar-refractivity contribution >= 4 is 35.8 Å². The smallest absolute Gasteiger partial charge is 0.222 e. The van der Waals surface area contributed by atoms with Gasteiger partial charge in [-0.1, -0.05) is 54.6 Å². The number of guanidine groups is 1. The number of hydrogen-bond donors (Lipinski definition) is 1. The van der Waals surface area contributed by atoms with Crippen molar-refractivity contribution in [1.29, 1.82) is 0 Å². The van der Waals surface area contributed by atoms with Crippen molar-refractivity contribution in [3.63, 3.8) is 0 Å². The quantitative estimate of drug-likeness (QED) is 0.347. The van der Waals surface area contributed by atoms with E-state index in [1.54, 1.807) is 0 Å². The first-order valence-corrected chi connectivity index (χ1v) is 11.1. The third kappa shape index (κ3) is 6.21. The van der Waals surface area contributed by atoms with Gasteiger partial charge in [-0.3, -0.25) is 9.79 Å². The van der Waals surface area contributed by atoms with Crippen molar-refractivity contribution in [2.24, 2.45) is 10.9 Å². The molecule has 2 aromatic carbocycles. The van der Waals surface area contributed by atoms with Gasteiger partial charge in [-0.2, -0.15) is 0 Å². The Morgan fingerprint density at radius 3 is 2.52 bits per heavy atom. The van der Waals surface area contributed by atoms with Crippen LogP contribution in [0.5, 0.6) is 0 Å². The van der Waals surface area contributed by atoms with Crippen molar-refractivity contribution in [2.75, 3.05) is 26.7 Å². The lowest BCUT2D eigenvalue weighted by Crippen LogP contribution is -2.40. The van der Waals surface area contributed by atoms with Gasteiger partial charge in [-0.05, 0) is 41.9 Å². The van der Waals surface area contributed by atoms with E-state index < -0.39 is 0 Å². The van der Waals surface area contributed by atoms with Gasteiger partial charge in [-0.15, -0.1) is 24.0 Å². The summed E-state index contributed by atoms with van der Waals surface area (Å²) in [5.74, 6) is 1.91. The zero-order chi connectivity index (χ0) is 20.8. The molecule has 6 heteroatoms. The average molecular weight is 532 g/mol. The SMILES string of the molecule is CN=C(NCc1ccccc1CN1CCCC1=O)N1CCC(Cc2ccccc2)C1.I. The maximum Gasteiger partial charge on any atom is 0.222 e. The van der Waals surface area contributed by atoms with Gasteiger partial charge in [0, 0.05) is 46.2 Å². The Hall–Kier alpha value is -2.09. The summed E-state index contributed by atoms with van der Waals surface area (Å²) in [6.07, 6.45) is 3.99. The summed E-state index contributed by atoms with van der Waals surface area (Å²) >= 11 is 0. The van der Waals surface area contributed by atoms with Gasteiger partial charge in [0.1, 0.15) is 0 Å². The topological polar surface area (TPSA) is 47.9 Å². The molecular formula is C25H33IN4O. The van der Waals surface area contributed by atoms with Crippen LogP contribution in [0.4, 0.5) is 0 Å². The molecule has 166 valence electrons. The monoisotopic (exact) mass is 532 g/mol. The van der Waals surface area contributed by atoms with Gasteiger partial charge < -0.3 is 15.1 Å². The fourth-order valence-electron chi connectivity index (χ4n) is 4.61. The summed E-state index contributed by atoms with van der Waals surface area (Å²) in [6.45, 7) is 4.39. The number of carbonyl (C=O) groups is 1. The standard InChI is InChI=1S/C25H32N4O.HI/c1-26-25(29-15-13-21(18-29)16-20-8-3-2-4-9-20)27-17-22-10-5-6-11-23(22)19-28-14-7-12-24(28)30;/h2-6,8-11,21H,7,12-19H2,1H3,(H,26,27);1H. The van der Waals surface area contributed by atoms with E-state index in [1.807, 2.05) is 11.9 Å². The second-order valence-corrected chi connectivity index (χ2v) is 8.38. The van der Waals surface area contributed by atoms with Crippen LogP contribution in [-0.4, -0.2) is 48.3 Å². The van der Waals surface area contributed by atoms with Crippen LogP contribution in [0.25, 0.3) is 0 Å². The van der Waals surface area contributed by atoms with E-state index in [9.17, 15) is 4.79 Å². The number of amides is 1. The normalized spacial score (nSPS) is 18.9. The fraction of sp³-hybridized carbons (Fsp3) is 0.440. The van der Waals surface area contributed by atoms with Gasteiger partial charge in [0.15, 0.2) is 5.96 Å². The first-order chi connectivity index (χ1) is 14.7. The Balaban J connectivity index is 0.00000272. The Morgan fingerprint density at radius 2 is 1.81 bits per heavy atom. The van der Waals surface area contributed by atoms with Gasteiger partial charge in [0.2, 0.25) is 5.91 Å². The maximum absolute atomic E-state index is 12.0. The minimum atomic E-state index is 0. The number of likely N-dealkylation sites (tertiary alicyclic amines) is 2. The van der Waals surface area contributed by atoms with Crippen molar-refractivity contribution in [3.05, 3.63) is 71.3 Å². The predicted octanol–water partition coefficient (Wildman–Crippen LogP) is 4.07. The van der Waals surface area contributed by atoms with Gasteiger partial charge in [0.05, 0.1) is 0 Å². The molecule has 2 fully saturated rings. The number of aliphatic imine (C=N–C) groups is 1. The number of carbonyl (C=O) groups excluding carboxylic acids is 1. The third-order valence-electron chi connectivity index (χ3n) is 6.25. The average Bonchev–Trinajstić information content (AvgIpc) is 3.40. The summed E-state index contributed by atoms with van der Waals surface area (Å²) in [5.41, 5.74) is 3.87. The predicted molar refractivity (Wildman–Crippen MR) is 137 cm³/mol. The van der Waals surface area contributed by atoms with E-state index in [1.165, 1.54) is 23.1 Å². The molecule has 0 radical (unpaired) electrons. The molecule has 2 heterocycles. The van der Waals surface area contributed by atoms with Crippen LogP contribution in [-0.2, 0) is 24.3 Å². The number of hydrogen-bond acceptors (Lipinski definition) is 2. The Kier molecular flexibility index (Phi) is 8.75. The van der Waals surface area contributed by atoms with E-state index in [-0.39, 0.29) is 29.9 Å². The summed E-state index contributed by atoms with van der Waals surface area (Å²) in [6, 6.07) is 19.2. The highest BCUT2D eigenvalue weighted by atomic mass is 127. The second kappa shape index (κ2) is 11.5. The second-order valence-electron chi connectivity index (χ2n) is 8.38. The lowest BCUT2D eigenvalue weighted by atomic mass is 9.99. The zero-order valence-corrected chi connectivity index (χ0v) is 20.6. The molecule has 2 aromatic rings. The molecule has 31 heavy (non-hydrogen) atoms. The largest absolute Gasteiger partial charge is 0.352 e. The zero-order valence-electron chi connectivity index (χ0n) is 18.3. The Labute approximate surface area is 202 Å². The molecule has 2 aliphatic heterocycles. The molecule has 5 nitrogen and oxygen atoms in total. The number of halogens is 1. The van der Waals surface area contributed by atoms with E-state index in [0.717, 1.165) is 45.0 Å². The summed E-state index contributed by atoms with van der Waals surface area (Å²) in [7, 11) is 1.86. The highest BCUT2D eigenvalue weighted by molar-refractivity contribution is 14.0. The van der Waals surface area contributed by atoms with Crippen LogP contribution in [0.3, 0.4) is 0 Å². The number of benzene rings is 2. The molecule has 0 bridgehead atoms. The van der Waals surface area contributed by atoms with E-state index in [2.05, 4.69) is 69.8 Å². The number of nitrogens with one attached hydrogen (secondary N) is 1. The minimum absolute atomic E-state index is 0. The molecule has 0 spiro atoms. The lowest BCUT2D eigenvalue weighted by molar-refractivity contribution is -0.128. The molecule has 0 aliphatic carbocycles. The van der Waals surface area contributed by atoms with Crippen LogP contribution < -0.4 is 5.32 Å². The van der Waals surface area contributed by atoms with Crippen LogP contribution >= 0.6 is 24.0 Å². The molecule has 4 rings (SSSR count). The fourth-order valence-corrected chi connectivity index (χ4v) is 4.61. The minimum Gasteiger partial charge on any atom is -0.352 e. The lowest BCUT2D eigenvalue weighted by Gasteiger charge is -2.23. The molecular weight excluding hydrogens is 499 g/mol. The molecule has 1 atom stereocenters. The van der Waals surface area contributed by atoms with Crippen LogP contribution in [0.2, 0.25) is 0 Å². The van der Waals surface area contributed by atoms with Crippen LogP contribution in [0, 0.1) is 5.92 Å².